The van der Waals surface area contributed by atoms with Gasteiger partial charge in [-0.15, -0.1) is 11.3 Å². The molecule has 1 atom stereocenters. The minimum Gasteiger partial charge on any atom is -0.493 e. The van der Waals surface area contributed by atoms with Crippen molar-refractivity contribution >= 4 is 22.9 Å². The van der Waals surface area contributed by atoms with Crippen molar-refractivity contribution in [3.63, 3.8) is 0 Å². The van der Waals surface area contributed by atoms with Crippen LogP contribution in [0.5, 0.6) is 11.5 Å². The third kappa shape index (κ3) is 5.40. The lowest BCUT2D eigenvalue weighted by molar-refractivity contribution is -0.115. The van der Waals surface area contributed by atoms with Crippen LogP contribution in [0.1, 0.15) is 41.8 Å². The van der Waals surface area contributed by atoms with Crippen LogP contribution < -0.4 is 20.1 Å². The molecule has 3 rings (SSSR count). The highest BCUT2D eigenvalue weighted by Crippen LogP contribution is 2.30. The topological polar surface area (TPSA) is 59.6 Å². The highest BCUT2D eigenvalue weighted by atomic mass is 32.1. The van der Waals surface area contributed by atoms with E-state index in [1.165, 1.54) is 10.4 Å². The maximum Gasteiger partial charge on any atom is 0.238 e. The number of ether oxygens (including phenoxy) is 2. The summed E-state index contributed by atoms with van der Waals surface area (Å²) in [5.74, 6) is 1.56. The van der Waals surface area contributed by atoms with Crippen molar-refractivity contribution in [3.05, 3.63) is 76.0 Å². The van der Waals surface area contributed by atoms with Crippen LogP contribution in [0.15, 0.2) is 60.0 Å². The number of amides is 1. The summed E-state index contributed by atoms with van der Waals surface area (Å²) < 4.78 is 10.5. The van der Waals surface area contributed by atoms with Gasteiger partial charge in [0.15, 0.2) is 11.5 Å². The number of carbonyl (C=O) groups excluding carboxylic acids is 1. The normalized spacial score (nSPS) is 11.9. The van der Waals surface area contributed by atoms with E-state index in [0.717, 1.165) is 5.56 Å². The minimum atomic E-state index is -0.123. The zero-order chi connectivity index (χ0) is 21.5. The lowest BCUT2D eigenvalue weighted by Gasteiger charge is -2.19. The van der Waals surface area contributed by atoms with Crippen LogP contribution in [0.25, 0.3) is 0 Å². The van der Waals surface area contributed by atoms with Gasteiger partial charge in [0, 0.05) is 16.6 Å². The first kappa shape index (κ1) is 21.9. The van der Waals surface area contributed by atoms with Crippen molar-refractivity contribution in [2.45, 2.75) is 25.8 Å². The largest absolute Gasteiger partial charge is 0.493 e. The summed E-state index contributed by atoms with van der Waals surface area (Å²) in [6, 6.07) is 18.0. The van der Waals surface area contributed by atoms with Crippen molar-refractivity contribution < 1.29 is 14.3 Å². The average Bonchev–Trinajstić information content (AvgIpc) is 3.28. The summed E-state index contributed by atoms with van der Waals surface area (Å²) in [6.07, 6.45) is 0. The summed E-state index contributed by atoms with van der Waals surface area (Å²) in [7, 11) is 3.15. The molecule has 0 aliphatic rings. The molecular formula is C24H28N2O3S. The van der Waals surface area contributed by atoms with Gasteiger partial charge in [0.2, 0.25) is 5.91 Å². The molecule has 2 aromatic carbocycles. The summed E-state index contributed by atoms with van der Waals surface area (Å²) in [5.41, 5.74) is 3.10. The SMILES string of the molecule is COc1ccc(NC(=O)CN[C@@H](c2ccc(C(C)C)cc2)c2cccs2)cc1OC. The average molecular weight is 425 g/mol. The molecule has 30 heavy (non-hydrogen) atoms. The van der Waals surface area contributed by atoms with E-state index in [9.17, 15) is 4.79 Å². The molecule has 0 aliphatic heterocycles. The van der Waals surface area contributed by atoms with Crippen LogP contribution in [0.3, 0.4) is 0 Å². The standard InChI is InChI=1S/C24H28N2O3S/c1-16(2)17-7-9-18(10-8-17)24(22-6-5-13-30-22)25-15-23(27)26-19-11-12-20(28-3)21(14-19)29-4/h5-14,16,24-25H,15H2,1-4H3,(H,26,27)/t24-/m0/s1. The Labute approximate surface area is 182 Å². The van der Waals surface area contributed by atoms with Crippen LogP contribution in [0, 0.1) is 0 Å². The third-order valence-electron chi connectivity index (χ3n) is 4.90. The van der Waals surface area contributed by atoms with Gasteiger partial charge in [0.25, 0.3) is 0 Å². The Kier molecular flexibility index (Phi) is 7.49. The monoisotopic (exact) mass is 424 g/mol. The van der Waals surface area contributed by atoms with Gasteiger partial charge >= 0.3 is 0 Å². The maximum atomic E-state index is 12.6. The molecule has 0 spiro atoms. The van der Waals surface area contributed by atoms with E-state index in [1.807, 2.05) is 6.07 Å². The first-order valence-corrected chi connectivity index (χ1v) is 10.8. The van der Waals surface area contributed by atoms with Crippen molar-refractivity contribution in [1.82, 2.24) is 5.32 Å². The zero-order valence-electron chi connectivity index (χ0n) is 17.8. The minimum absolute atomic E-state index is 0.0395. The number of benzene rings is 2. The number of hydrogen-bond donors (Lipinski definition) is 2. The lowest BCUT2D eigenvalue weighted by atomic mass is 9.98. The van der Waals surface area contributed by atoms with Gasteiger partial charge in [0.05, 0.1) is 26.8 Å². The highest BCUT2D eigenvalue weighted by Gasteiger charge is 2.17. The molecule has 5 nitrogen and oxygen atoms in total. The van der Waals surface area contributed by atoms with Crippen molar-refractivity contribution in [2.75, 3.05) is 26.1 Å². The molecule has 0 fully saturated rings. The Morgan fingerprint density at radius 1 is 0.967 bits per heavy atom. The van der Waals surface area contributed by atoms with Crippen LogP contribution >= 0.6 is 11.3 Å². The highest BCUT2D eigenvalue weighted by molar-refractivity contribution is 7.10. The Hall–Kier alpha value is -2.83. The molecule has 0 radical (unpaired) electrons. The molecule has 1 aromatic heterocycles. The van der Waals surface area contributed by atoms with Gasteiger partial charge in [-0.3, -0.25) is 10.1 Å². The predicted octanol–water partition coefficient (Wildman–Crippen LogP) is 5.21. The maximum absolute atomic E-state index is 12.6. The van der Waals surface area contributed by atoms with Crippen LogP contribution in [0.2, 0.25) is 0 Å². The molecule has 6 heteroatoms. The summed E-state index contributed by atoms with van der Waals surface area (Å²) in [5, 5.41) is 8.36. The molecule has 0 aliphatic carbocycles. The summed E-state index contributed by atoms with van der Waals surface area (Å²) in [6.45, 7) is 4.55. The summed E-state index contributed by atoms with van der Waals surface area (Å²) >= 11 is 1.68. The predicted molar refractivity (Wildman–Crippen MR) is 123 cm³/mol. The third-order valence-corrected chi connectivity index (χ3v) is 5.84. The second kappa shape index (κ2) is 10.3. The quantitative estimate of drug-likeness (QED) is 0.495. The van der Waals surface area contributed by atoms with E-state index >= 15 is 0 Å². The lowest BCUT2D eigenvalue weighted by Crippen LogP contribution is -2.31. The van der Waals surface area contributed by atoms with E-state index in [0.29, 0.717) is 23.1 Å². The molecular weight excluding hydrogens is 396 g/mol. The molecule has 3 aromatic rings. The summed E-state index contributed by atoms with van der Waals surface area (Å²) in [4.78, 5) is 13.7. The van der Waals surface area contributed by atoms with E-state index in [1.54, 1.807) is 43.8 Å². The van der Waals surface area contributed by atoms with E-state index in [-0.39, 0.29) is 18.5 Å². The second-order valence-corrected chi connectivity index (χ2v) is 8.25. The van der Waals surface area contributed by atoms with Gasteiger partial charge in [-0.2, -0.15) is 0 Å². The first-order valence-electron chi connectivity index (χ1n) is 9.90. The Morgan fingerprint density at radius 2 is 1.67 bits per heavy atom. The fraction of sp³-hybridized carbons (Fsp3) is 0.292. The number of thiophene rings is 1. The van der Waals surface area contributed by atoms with Gasteiger partial charge in [0.1, 0.15) is 0 Å². The number of rotatable bonds is 9. The van der Waals surface area contributed by atoms with Gasteiger partial charge in [-0.1, -0.05) is 44.2 Å². The number of carbonyl (C=O) groups is 1. The zero-order valence-corrected chi connectivity index (χ0v) is 18.6. The Balaban J connectivity index is 1.69. The number of nitrogens with one attached hydrogen (secondary N) is 2. The van der Waals surface area contributed by atoms with E-state index < -0.39 is 0 Å². The molecule has 2 N–H and O–H groups in total. The fourth-order valence-corrected chi connectivity index (χ4v) is 4.05. The van der Waals surface area contributed by atoms with Gasteiger partial charge in [-0.25, -0.2) is 0 Å². The van der Waals surface area contributed by atoms with Gasteiger partial charge in [-0.05, 0) is 40.6 Å². The number of methoxy groups -OCH3 is 2. The number of hydrogen-bond acceptors (Lipinski definition) is 5. The molecule has 0 saturated carbocycles. The number of anilines is 1. The Bertz CT molecular complexity index is 953. The van der Waals surface area contributed by atoms with E-state index in [4.69, 9.17) is 9.47 Å². The van der Waals surface area contributed by atoms with Crippen LogP contribution in [-0.2, 0) is 4.79 Å². The Morgan fingerprint density at radius 3 is 2.27 bits per heavy atom. The molecule has 158 valence electrons. The molecule has 0 saturated heterocycles. The molecule has 0 bridgehead atoms. The van der Waals surface area contributed by atoms with Gasteiger partial charge < -0.3 is 14.8 Å². The van der Waals surface area contributed by atoms with Crippen molar-refractivity contribution in [1.29, 1.82) is 0 Å². The van der Waals surface area contributed by atoms with Crippen molar-refractivity contribution in [2.24, 2.45) is 0 Å². The fourth-order valence-electron chi connectivity index (χ4n) is 3.23. The second-order valence-electron chi connectivity index (χ2n) is 7.27. The first-order chi connectivity index (χ1) is 14.5. The smallest absolute Gasteiger partial charge is 0.238 e. The van der Waals surface area contributed by atoms with Crippen molar-refractivity contribution in [3.8, 4) is 11.5 Å². The van der Waals surface area contributed by atoms with Crippen LogP contribution in [0.4, 0.5) is 5.69 Å². The molecule has 0 unspecified atom stereocenters. The van der Waals surface area contributed by atoms with Crippen LogP contribution in [-0.4, -0.2) is 26.7 Å². The molecule has 1 heterocycles. The molecule has 1 amide bonds. The van der Waals surface area contributed by atoms with E-state index in [2.05, 4.69) is 60.2 Å².